The number of hydrogen-bond donors (Lipinski definition) is 4. The SMILES string of the molecule is CCCC(NC(=O)[C@@H]1CCCN1C(=O)[C@@H](NC(=O)OCC(C)C)C1CCCCC1)C(=O)C(=O)NCC(=O)NC(C(=O)OCc1ccccc1)C1CCCCC1.c1ccccc1. The van der Waals surface area contributed by atoms with E-state index in [4.69, 9.17) is 9.47 Å². The molecule has 5 amide bonds. The molecule has 0 bridgehead atoms. The number of carbonyl (C=O) groups excluding carboxylic acids is 7. The first kappa shape index (κ1) is 48.4. The van der Waals surface area contributed by atoms with Crippen molar-refractivity contribution in [1.29, 1.82) is 0 Å². The molecular formula is C47H67N5O9. The molecule has 5 rings (SSSR count). The van der Waals surface area contributed by atoms with Gasteiger partial charge in [0.25, 0.3) is 5.91 Å². The van der Waals surface area contributed by atoms with Crippen LogP contribution in [0.2, 0.25) is 0 Å². The minimum atomic E-state index is -1.18. The summed E-state index contributed by atoms with van der Waals surface area (Å²) in [6.45, 7) is 5.69. The van der Waals surface area contributed by atoms with Gasteiger partial charge in [0.05, 0.1) is 19.2 Å². The van der Waals surface area contributed by atoms with Crippen molar-refractivity contribution in [2.24, 2.45) is 17.8 Å². The molecule has 14 nitrogen and oxygen atoms in total. The number of Topliss-reactive ketones (excluding diaryl/α,β-unsaturated/α-hetero) is 1. The minimum Gasteiger partial charge on any atom is -0.459 e. The Morgan fingerprint density at radius 2 is 1.26 bits per heavy atom. The first-order valence-corrected chi connectivity index (χ1v) is 22.3. The molecule has 0 spiro atoms. The first-order chi connectivity index (χ1) is 29.5. The van der Waals surface area contributed by atoms with Crippen molar-refractivity contribution in [3.8, 4) is 0 Å². The number of ether oxygens (including phenoxy) is 2. The van der Waals surface area contributed by atoms with Crippen LogP contribution in [-0.2, 0) is 44.8 Å². The summed E-state index contributed by atoms with van der Waals surface area (Å²) in [6, 6.07) is 17.4. The zero-order valence-electron chi connectivity index (χ0n) is 36.2. The van der Waals surface area contributed by atoms with Gasteiger partial charge in [-0.1, -0.05) is 132 Å². The molecule has 2 aliphatic carbocycles. The van der Waals surface area contributed by atoms with Gasteiger partial charge in [-0.2, -0.15) is 0 Å². The highest BCUT2D eigenvalue weighted by molar-refractivity contribution is 6.38. The quantitative estimate of drug-likeness (QED) is 0.107. The van der Waals surface area contributed by atoms with Crippen LogP contribution in [0, 0.1) is 17.8 Å². The molecule has 1 heterocycles. The summed E-state index contributed by atoms with van der Waals surface area (Å²) in [5, 5.41) is 10.6. The van der Waals surface area contributed by atoms with Gasteiger partial charge >= 0.3 is 12.1 Å². The van der Waals surface area contributed by atoms with Gasteiger partial charge in [0, 0.05) is 6.54 Å². The van der Waals surface area contributed by atoms with Crippen molar-refractivity contribution in [2.75, 3.05) is 19.7 Å². The zero-order valence-corrected chi connectivity index (χ0v) is 36.2. The predicted octanol–water partition coefficient (Wildman–Crippen LogP) is 5.77. The maximum absolute atomic E-state index is 14.0. The smallest absolute Gasteiger partial charge is 0.407 e. The molecule has 61 heavy (non-hydrogen) atoms. The maximum atomic E-state index is 14.0. The van der Waals surface area contributed by atoms with E-state index in [0.717, 1.165) is 69.8 Å². The molecule has 4 atom stereocenters. The van der Waals surface area contributed by atoms with E-state index in [-0.39, 0.29) is 43.3 Å². The number of likely N-dealkylation sites (tertiary alicyclic amines) is 1. The van der Waals surface area contributed by atoms with E-state index in [1.54, 1.807) is 0 Å². The van der Waals surface area contributed by atoms with Gasteiger partial charge in [0.2, 0.25) is 23.5 Å². The average Bonchev–Trinajstić information content (AvgIpc) is 3.79. The number of benzene rings is 2. The Bertz CT molecular complexity index is 1670. The Hall–Kier alpha value is -5.27. The van der Waals surface area contributed by atoms with Crippen molar-refractivity contribution in [1.82, 2.24) is 26.2 Å². The first-order valence-electron chi connectivity index (χ1n) is 22.3. The lowest BCUT2D eigenvalue weighted by molar-refractivity contribution is -0.151. The van der Waals surface area contributed by atoms with Crippen LogP contribution in [0.1, 0.15) is 116 Å². The molecule has 2 saturated carbocycles. The lowest BCUT2D eigenvalue weighted by Crippen LogP contribution is -2.58. The molecule has 0 aromatic heterocycles. The van der Waals surface area contributed by atoms with Gasteiger partial charge in [0.15, 0.2) is 0 Å². The Labute approximate surface area is 361 Å². The van der Waals surface area contributed by atoms with Gasteiger partial charge in [-0.25, -0.2) is 9.59 Å². The Kier molecular flexibility index (Phi) is 20.7. The van der Waals surface area contributed by atoms with Crippen molar-refractivity contribution in [2.45, 2.75) is 141 Å². The number of ketones is 1. The molecule has 2 aromatic carbocycles. The Morgan fingerprint density at radius 1 is 0.689 bits per heavy atom. The highest BCUT2D eigenvalue weighted by Crippen LogP contribution is 2.30. The van der Waals surface area contributed by atoms with Gasteiger partial charge in [-0.05, 0) is 68.3 Å². The van der Waals surface area contributed by atoms with Crippen LogP contribution in [0.3, 0.4) is 0 Å². The van der Waals surface area contributed by atoms with Gasteiger partial charge in [0.1, 0.15) is 24.7 Å². The predicted molar refractivity (Wildman–Crippen MR) is 230 cm³/mol. The number of alkyl carbamates (subject to hydrolysis) is 1. The fourth-order valence-electron chi connectivity index (χ4n) is 8.24. The Balaban J connectivity index is 0.00000125. The molecule has 3 aliphatic rings. The normalized spacial score (nSPS) is 18.3. The maximum Gasteiger partial charge on any atom is 0.407 e. The van der Waals surface area contributed by atoms with Gasteiger partial charge in [-0.15, -0.1) is 0 Å². The number of hydrogen-bond acceptors (Lipinski definition) is 9. The van der Waals surface area contributed by atoms with Crippen molar-refractivity contribution in [3.63, 3.8) is 0 Å². The van der Waals surface area contributed by atoms with Crippen LogP contribution in [0.15, 0.2) is 66.7 Å². The van der Waals surface area contributed by atoms with E-state index in [1.165, 1.54) is 4.90 Å². The summed E-state index contributed by atoms with van der Waals surface area (Å²) in [7, 11) is 0. The topological polar surface area (TPSA) is 189 Å². The van der Waals surface area contributed by atoms with Crippen LogP contribution in [-0.4, -0.2) is 90.2 Å². The van der Waals surface area contributed by atoms with Gasteiger partial charge < -0.3 is 35.6 Å². The summed E-state index contributed by atoms with van der Waals surface area (Å²) < 4.78 is 10.9. The van der Waals surface area contributed by atoms with Crippen molar-refractivity contribution < 1.29 is 43.0 Å². The molecule has 0 radical (unpaired) electrons. The summed E-state index contributed by atoms with van der Waals surface area (Å²) in [6.07, 6.45) is 9.76. The average molecular weight is 846 g/mol. The van der Waals surface area contributed by atoms with E-state index in [1.807, 2.05) is 87.5 Å². The van der Waals surface area contributed by atoms with Crippen LogP contribution in [0.4, 0.5) is 4.79 Å². The summed E-state index contributed by atoms with van der Waals surface area (Å²) >= 11 is 0. The van der Waals surface area contributed by atoms with Crippen LogP contribution in [0.5, 0.6) is 0 Å². The van der Waals surface area contributed by atoms with E-state index >= 15 is 0 Å². The van der Waals surface area contributed by atoms with Crippen LogP contribution in [0.25, 0.3) is 0 Å². The van der Waals surface area contributed by atoms with E-state index in [9.17, 15) is 33.6 Å². The van der Waals surface area contributed by atoms with E-state index in [2.05, 4.69) is 21.3 Å². The molecule has 1 saturated heterocycles. The molecule has 1 aliphatic heterocycles. The second kappa shape index (κ2) is 26.2. The number of nitrogens with one attached hydrogen (secondary N) is 4. The number of carbonyl (C=O) groups is 7. The summed E-state index contributed by atoms with van der Waals surface area (Å²) in [5.41, 5.74) is 0.816. The molecule has 2 aromatic rings. The van der Waals surface area contributed by atoms with Crippen molar-refractivity contribution >= 4 is 41.5 Å². The Morgan fingerprint density at radius 3 is 1.84 bits per heavy atom. The molecular weight excluding hydrogens is 779 g/mol. The number of nitrogens with zero attached hydrogens (tertiary/aromatic N) is 1. The van der Waals surface area contributed by atoms with Crippen LogP contribution >= 0.6 is 0 Å². The second-order valence-electron chi connectivity index (χ2n) is 16.8. The molecule has 3 fully saturated rings. The number of amides is 5. The molecule has 334 valence electrons. The largest absolute Gasteiger partial charge is 0.459 e. The molecule has 2 unspecified atom stereocenters. The lowest BCUT2D eigenvalue weighted by atomic mass is 9.83. The van der Waals surface area contributed by atoms with E-state index in [0.29, 0.717) is 25.8 Å². The molecule has 4 N–H and O–H groups in total. The third-order valence-corrected chi connectivity index (χ3v) is 11.5. The third-order valence-electron chi connectivity index (χ3n) is 11.5. The highest BCUT2D eigenvalue weighted by atomic mass is 16.5. The van der Waals surface area contributed by atoms with E-state index < -0.39 is 66.3 Å². The highest BCUT2D eigenvalue weighted by Gasteiger charge is 2.42. The lowest BCUT2D eigenvalue weighted by Gasteiger charge is -2.34. The molecule has 14 heteroatoms. The zero-order chi connectivity index (χ0) is 44.0. The number of esters is 1. The summed E-state index contributed by atoms with van der Waals surface area (Å²) in [5.74, 6) is -4.15. The second-order valence-corrected chi connectivity index (χ2v) is 16.8. The third kappa shape index (κ3) is 16.3. The van der Waals surface area contributed by atoms with Crippen LogP contribution < -0.4 is 21.3 Å². The number of rotatable bonds is 18. The van der Waals surface area contributed by atoms with Gasteiger partial charge in [-0.3, -0.25) is 24.0 Å². The monoisotopic (exact) mass is 845 g/mol. The fraction of sp³-hybridized carbons (Fsp3) is 0.596. The fourth-order valence-corrected chi connectivity index (χ4v) is 8.24. The van der Waals surface area contributed by atoms with Crippen molar-refractivity contribution in [3.05, 3.63) is 72.3 Å². The minimum absolute atomic E-state index is 0.0619. The summed E-state index contributed by atoms with van der Waals surface area (Å²) in [4.78, 5) is 94.6. The standard InChI is InChI=1S/C41H61N5O9.C6H6/c1-4-15-31(43-37(49)32-22-14-23-46(32)39(51)34(29-18-10-6-11-19-29)45-41(53)55-25-27(2)3)36(48)38(50)42-24-33(47)44-35(30-20-12-7-13-21-30)40(52)54-26-28-16-8-5-9-17-28;1-2-4-6-5-3-1/h5,8-9,16-17,27,29-32,34-35H,4,6-7,10-15,18-26H2,1-3H3,(H,42,50)(H,43,49)(H,44,47)(H,45,53);1-6H/t31?,32-,34-,35?;/m0./s1.